The maximum absolute atomic E-state index is 12.0. The molecule has 1 aliphatic rings. The fourth-order valence-corrected chi connectivity index (χ4v) is 2.45. The van der Waals surface area contributed by atoms with Gasteiger partial charge < -0.3 is 16.2 Å². The molecule has 2 atom stereocenters. The molecule has 1 aromatic carbocycles. The number of rotatable bonds is 2. The number of hydrogen-bond acceptors (Lipinski definition) is 3. The van der Waals surface area contributed by atoms with Gasteiger partial charge in [-0.25, -0.2) is 0 Å². The molecule has 0 radical (unpaired) electrons. The van der Waals surface area contributed by atoms with Crippen LogP contribution in [-0.4, -0.2) is 23.2 Å². The molecule has 2 unspecified atom stereocenters. The van der Waals surface area contributed by atoms with Crippen LogP contribution >= 0.6 is 11.6 Å². The van der Waals surface area contributed by atoms with Gasteiger partial charge in [0.2, 0.25) is 0 Å². The van der Waals surface area contributed by atoms with Crippen molar-refractivity contribution >= 4 is 23.2 Å². The normalized spacial score (nSPS) is 23.7. The van der Waals surface area contributed by atoms with Gasteiger partial charge in [-0.05, 0) is 31.0 Å². The number of hydrogen-bond donors (Lipinski definition) is 3. The minimum Gasteiger partial charge on any atom is -0.398 e. The van der Waals surface area contributed by atoms with Crippen molar-refractivity contribution in [2.75, 3.05) is 5.73 Å². The fraction of sp³-hybridized carbons (Fsp3) is 0.462. The predicted octanol–water partition coefficient (Wildman–Crippen LogP) is 1.96. The highest BCUT2D eigenvalue weighted by Gasteiger charge is 2.25. The number of anilines is 1. The highest BCUT2D eigenvalue weighted by Crippen LogP contribution is 2.21. The number of carbonyl (C=O) groups is 1. The van der Waals surface area contributed by atoms with E-state index in [0.717, 1.165) is 25.7 Å². The first-order chi connectivity index (χ1) is 8.58. The fourth-order valence-electron chi connectivity index (χ4n) is 2.27. The highest BCUT2D eigenvalue weighted by atomic mass is 35.5. The van der Waals surface area contributed by atoms with E-state index in [2.05, 4.69) is 5.32 Å². The quantitative estimate of drug-likeness (QED) is 0.718. The first kappa shape index (κ1) is 13.2. The van der Waals surface area contributed by atoms with E-state index in [4.69, 9.17) is 17.3 Å². The Labute approximate surface area is 111 Å². The van der Waals surface area contributed by atoms with Gasteiger partial charge in [-0.2, -0.15) is 0 Å². The zero-order valence-corrected chi connectivity index (χ0v) is 10.8. The zero-order valence-electron chi connectivity index (χ0n) is 10.0. The van der Waals surface area contributed by atoms with Gasteiger partial charge >= 0.3 is 0 Å². The van der Waals surface area contributed by atoms with Crippen LogP contribution in [0, 0.1) is 0 Å². The molecule has 1 aliphatic carbocycles. The van der Waals surface area contributed by atoms with E-state index in [1.165, 1.54) is 0 Å². The van der Waals surface area contributed by atoms with Crippen molar-refractivity contribution in [2.45, 2.75) is 37.8 Å². The summed E-state index contributed by atoms with van der Waals surface area (Å²) in [6.45, 7) is 0. The SMILES string of the molecule is Nc1cc(Cl)ccc1C(=O)NC1CCCCC1O. The van der Waals surface area contributed by atoms with Gasteiger partial charge in [-0.3, -0.25) is 4.79 Å². The summed E-state index contributed by atoms with van der Waals surface area (Å²) in [4.78, 5) is 12.0. The van der Waals surface area contributed by atoms with Crippen molar-refractivity contribution in [3.05, 3.63) is 28.8 Å². The van der Waals surface area contributed by atoms with Gasteiger partial charge in [0.25, 0.3) is 5.91 Å². The van der Waals surface area contributed by atoms with Crippen molar-refractivity contribution in [1.82, 2.24) is 5.32 Å². The van der Waals surface area contributed by atoms with Crippen molar-refractivity contribution in [3.8, 4) is 0 Å². The predicted molar refractivity (Wildman–Crippen MR) is 71.6 cm³/mol. The van der Waals surface area contributed by atoms with E-state index < -0.39 is 6.10 Å². The molecule has 18 heavy (non-hydrogen) atoms. The number of nitrogen functional groups attached to an aromatic ring is 1. The maximum atomic E-state index is 12.0. The molecule has 0 heterocycles. The molecule has 4 nitrogen and oxygen atoms in total. The van der Waals surface area contributed by atoms with E-state index >= 15 is 0 Å². The van der Waals surface area contributed by atoms with Gasteiger partial charge in [-0.15, -0.1) is 0 Å². The molecule has 1 saturated carbocycles. The summed E-state index contributed by atoms with van der Waals surface area (Å²) in [6.07, 6.45) is 3.12. The highest BCUT2D eigenvalue weighted by molar-refractivity contribution is 6.31. The number of carbonyl (C=O) groups excluding carboxylic acids is 1. The molecule has 1 aromatic rings. The topological polar surface area (TPSA) is 75.4 Å². The Balaban J connectivity index is 2.07. The minimum absolute atomic E-state index is 0.179. The van der Waals surface area contributed by atoms with Crippen LogP contribution in [0.3, 0.4) is 0 Å². The molecule has 1 fully saturated rings. The van der Waals surface area contributed by atoms with Crippen LogP contribution in [0.4, 0.5) is 5.69 Å². The van der Waals surface area contributed by atoms with Gasteiger partial charge in [0.05, 0.1) is 17.7 Å². The second-order valence-corrected chi connectivity index (χ2v) is 5.10. The smallest absolute Gasteiger partial charge is 0.253 e. The molecule has 98 valence electrons. The lowest BCUT2D eigenvalue weighted by molar-refractivity contribution is 0.0718. The van der Waals surface area contributed by atoms with Crippen LogP contribution < -0.4 is 11.1 Å². The molecule has 0 saturated heterocycles. The Hall–Kier alpha value is -1.26. The van der Waals surface area contributed by atoms with Crippen LogP contribution in [0.5, 0.6) is 0 Å². The molecule has 0 aliphatic heterocycles. The maximum Gasteiger partial charge on any atom is 0.253 e. The van der Waals surface area contributed by atoms with Gasteiger partial charge in [-0.1, -0.05) is 24.4 Å². The number of nitrogens with one attached hydrogen (secondary N) is 1. The summed E-state index contributed by atoms with van der Waals surface area (Å²) in [5.41, 5.74) is 6.51. The van der Waals surface area contributed by atoms with Crippen molar-refractivity contribution in [1.29, 1.82) is 0 Å². The largest absolute Gasteiger partial charge is 0.398 e. The Kier molecular flexibility index (Phi) is 4.09. The number of amides is 1. The summed E-state index contributed by atoms with van der Waals surface area (Å²) in [6, 6.07) is 4.60. The Morgan fingerprint density at radius 1 is 1.39 bits per heavy atom. The molecule has 0 aromatic heterocycles. The van der Waals surface area contributed by atoms with Gasteiger partial charge in [0.15, 0.2) is 0 Å². The minimum atomic E-state index is -0.462. The third-order valence-corrected chi connectivity index (χ3v) is 3.54. The number of benzene rings is 1. The third kappa shape index (κ3) is 2.94. The molecular weight excluding hydrogens is 252 g/mol. The van der Waals surface area contributed by atoms with E-state index in [0.29, 0.717) is 16.3 Å². The Morgan fingerprint density at radius 2 is 2.11 bits per heavy atom. The zero-order chi connectivity index (χ0) is 13.1. The molecule has 0 bridgehead atoms. The Bertz CT molecular complexity index is 451. The molecule has 0 spiro atoms. The molecule has 2 rings (SSSR count). The molecule has 1 amide bonds. The van der Waals surface area contributed by atoms with Crippen molar-refractivity contribution in [2.24, 2.45) is 0 Å². The van der Waals surface area contributed by atoms with Crippen molar-refractivity contribution < 1.29 is 9.90 Å². The average Bonchev–Trinajstić information content (AvgIpc) is 2.32. The van der Waals surface area contributed by atoms with E-state index in [9.17, 15) is 9.90 Å². The van der Waals surface area contributed by atoms with Crippen LogP contribution in [-0.2, 0) is 0 Å². The van der Waals surface area contributed by atoms with Crippen molar-refractivity contribution in [3.63, 3.8) is 0 Å². The monoisotopic (exact) mass is 268 g/mol. The summed E-state index contributed by atoms with van der Waals surface area (Å²) in [7, 11) is 0. The third-order valence-electron chi connectivity index (χ3n) is 3.30. The molecule has 5 heteroatoms. The molecule has 4 N–H and O–H groups in total. The number of aliphatic hydroxyl groups excluding tert-OH is 1. The van der Waals surface area contributed by atoms with E-state index in [-0.39, 0.29) is 11.9 Å². The second kappa shape index (κ2) is 5.59. The van der Waals surface area contributed by atoms with Crippen LogP contribution in [0.25, 0.3) is 0 Å². The second-order valence-electron chi connectivity index (χ2n) is 4.66. The standard InChI is InChI=1S/C13H17ClN2O2/c14-8-5-6-9(10(15)7-8)13(18)16-11-3-1-2-4-12(11)17/h5-7,11-12,17H,1-4,15H2,(H,16,18). The first-order valence-corrected chi connectivity index (χ1v) is 6.49. The summed E-state index contributed by atoms with van der Waals surface area (Å²) < 4.78 is 0. The Morgan fingerprint density at radius 3 is 2.78 bits per heavy atom. The number of halogens is 1. The summed E-state index contributed by atoms with van der Waals surface area (Å²) >= 11 is 5.78. The number of aliphatic hydroxyl groups is 1. The molecular formula is C13H17ClN2O2. The van der Waals surface area contributed by atoms with E-state index in [1.807, 2.05) is 0 Å². The van der Waals surface area contributed by atoms with Crippen LogP contribution in [0.1, 0.15) is 36.0 Å². The van der Waals surface area contributed by atoms with Crippen LogP contribution in [0.2, 0.25) is 5.02 Å². The average molecular weight is 269 g/mol. The van der Waals surface area contributed by atoms with Gasteiger partial charge in [0.1, 0.15) is 0 Å². The lowest BCUT2D eigenvalue weighted by atomic mass is 9.92. The number of nitrogens with two attached hydrogens (primary N) is 1. The van der Waals surface area contributed by atoms with Gasteiger partial charge in [0, 0.05) is 10.7 Å². The lowest BCUT2D eigenvalue weighted by Crippen LogP contribution is -2.45. The van der Waals surface area contributed by atoms with Crippen LogP contribution in [0.15, 0.2) is 18.2 Å². The summed E-state index contributed by atoms with van der Waals surface area (Å²) in [5.74, 6) is -0.255. The summed E-state index contributed by atoms with van der Waals surface area (Å²) in [5, 5.41) is 13.1. The lowest BCUT2D eigenvalue weighted by Gasteiger charge is -2.28. The first-order valence-electron chi connectivity index (χ1n) is 6.12. The van der Waals surface area contributed by atoms with E-state index in [1.54, 1.807) is 18.2 Å².